The van der Waals surface area contributed by atoms with Gasteiger partial charge in [-0.05, 0) is 17.2 Å². The van der Waals surface area contributed by atoms with Crippen LogP contribution in [0.5, 0.6) is 5.75 Å². The van der Waals surface area contributed by atoms with E-state index in [9.17, 15) is 9.90 Å². The summed E-state index contributed by atoms with van der Waals surface area (Å²) >= 11 is 0. The Labute approximate surface area is 133 Å². The molecule has 0 spiro atoms. The number of rotatable bonds is 3. The van der Waals surface area contributed by atoms with Gasteiger partial charge in [0, 0.05) is 17.4 Å². The van der Waals surface area contributed by atoms with Gasteiger partial charge in [-0.1, -0.05) is 43.3 Å². The van der Waals surface area contributed by atoms with Crippen LogP contribution in [0.3, 0.4) is 0 Å². The third kappa shape index (κ3) is 2.57. The summed E-state index contributed by atoms with van der Waals surface area (Å²) in [5.41, 5.74) is 8.28. The largest absolute Gasteiger partial charge is 0.507 e. The molecule has 0 aliphatic carbocycles. The van der Waals surface area contributed by atoms with Crippen LogP contribution < -0.4 is 5.73 Å². The minimum Gasteiger partial charge on any atom is -0.507 e. The van der Waals surface area contributed by atoms with Gasteiger partial charge < -0.3 is 15.9 Å². The number of nitrogens with zero attached hydrogens (tertiary/aromatic N) is 1. The van der Waals surface area contributed by atoms with Gasteiger partial charge >= 0.3 is 5.97 Å². The second-order valence-electron chi connectivity index (χ2n) is 5.43. The molecule has 1 unspecified atom stereocenters. The van der Waals surface area contributed by atoms with Gasteiger partial charge in [0.25, 0.3) is 0 Å². The van der Waals surface area contributed by atoms with Gasteiger partial charge in [-0.3, -0.25) is 0 Å². The van der Waals surface area contributed by atoms with Gasteiger partial charge in [0.05, 0.1) is 11.2 Å². The van der Waals surface area contributed by atoms with Crippen LogP contribution in [0.4, 0.5) is 5.69 Å². The van der Waals surface area contributed by atoms with E-state index < -0.39 is 5.97 Å². The summed E-state index contributed by atoms with van der Waals surface area (Å²) in [5.74, 6) is -1.33. The highest BCUT2D eigenvalue weighted by molar-refractivity contribution is 6.00. The first-order chi connectivity index (χ1) is 11.0. The predicted octanol–water partition coefficient (Wildman–Crippen LogP) is 3.37. The van der Waals surface area contributed by atoms with Crippen LogP contribution in [-0.2, 0) is 0 Å². The van der Waals surface area contributed by atoms with Crippen molar-refractivity contribution in [3.63, 3.8) is 0 Å². The molecule has 116 valence electrons. The number of pyridine rings is 1. The van der Waals surface area contributed by atoms with Crippen LogP contribution >= 0.6 is 0 Å². The zero-order valence-electron chi connectivity index (χ0n) is 12.5. The molecule has 0 radical (unpaired) electrons. The zero-order chi connectivity index (χ0) is 16.6. The quantitative estimate of drug-likeness (QED) is 0.645. The standard InChI is InChI=1S/C18H16N2O3/c1-10(11-5-3-2-4-6-11)12-7-8-13(19)17-16(12)15(21)9-14(20-17)18(22)23/h2-10H,19H2,1H3,(H,20,21)(H,22,23). The molecule has 1 atom stereocenters. The first kappa shape index (κ1) is 14.8. The number of nitrogens with two attached hydrogens (primary N) is 1. The highest BCUT2D eigenvalue weighted by Crippen LogP contribution is 2.37. The lowest BCUT2D eigenvalue weighted by atomic mass is 9.89. The van der Waals surface area contributed by atoms with E-state index in [1.807, 2.05) is 43.3 Å². The number of hydrogen-bond acceptors (Lipinski definition) is 4. The molecular weight excluding hydrogens is 292 g/mol. The topological polar surface area (TPSA) is 96.4 Å². The fraction of sp³-hybridized carbons (Fsp3) is 0.111. The molecule has 5 nitrogen and oxygen atoms in total. The predicted molar refractivity (Wildman–Crippen MR) is 88.7 cm³/mol. The molecule has 0 bridgehead atoms. The monoisotopic (exact) mass is 308 g/mol. The summed E-state index contributed by atoms with van der Waals surface area (Å²) in [5, 5.41) is 19.9. The van der Waals surface area contributed by atoms with E-state index in [1.54, 1.807) is 6.07 Å². The molecule has 4 N–H and O–H groups in total. The second-order valence-corrected chi connectivity index (χ2v) is 5.43. The van der Waals surface area contributed by atoms with Gasteiger partial charge in [0.2, 0.25) is 0 Å². The molecule has 1 heterocycles. The van der Waals surface area contributed by atoms with Crippen molar-refractivity contribution < 1.29 is 15.0 Å². The number of carboxylic acid groups (broad SMARTS) is 1. The summed E-state index contributed by atoms with van der Waals surface area (Å²) in [6.45, 7) is 2.02. The third-order valence-electron chi connectivity index (χ3n) is 3.99. The molecule has 3 rings (SSSR count). The average Bonchev–Trinajstić information content (AvgIpc) is 2.55. The van der Waals surface area contributed by atoms with E-state index in [2.05, 4.69) is 4.98 Å². The number of anilines is 1. The van der Waals surface area contributed by atoms with E-state index in [-0.39, 0.29) is 17.4 Å². The Balaban J connectivity index is 2.27. The minimum absolute atomic E-state index is 0.00248. The Hall–Kier alpha value is -3.08. The molecule has 0 saturated heterocycles. The van der Waals surface area contributed by atoms with Gasteiger partial charge in [-0.25, -0.2) is 9.78 Å². The summed E-state index contributed by atoms with van der Waals surface area (Å²) in [6, 6.07) is 14.5. The Morgan fingerprint density at radius 2 is 1.87 bits per heavy atom. The Morgan fingerprint density at radius 3 is 2.52 bits per heavy atom. The maximum Gasteiger partial charge on any atom is 0.354 e. The molecular formula is C18H16N2O3. The summed E-state index contributed by atoms with van der Waals surface area (Å²) in [4.78, 5) is 15.2. The number of aromatic hydroxyl groups is 1. The molecule has 0 aliphatic heterocycles. The fourth-order valence-electron chi connectivity index (χ4n) is 2.76. The van der Waals surface area contributed by atoms with Crippen LogP contribution in [-0.4, -0.2) is 21.2 Å². The Kier molecular flexibility index (Phi) is 3.62. The lowest BCUT2D eigenvalue weighted by Gasteiger charge is -2.17. The lowest BCUT2D eigenvalue weighted by molar-refractivity contribution is 0.0690. The molecule has 0 saturated carbocycles. The van der Waals surface area contributed by atoms with E-state index in [1.165, 1.54) is 0 Å². The Bertz CT molecular complexity index is 892. The highest BCUT2D eigenvalue weighted by Gasteiger charge is 2.19. The van der Waals surface area contributed by atoms with E-state index in [0.29, 0.717) is 16.6 Å². The number of aromatic carboxylic acids is 1. The van der Waals surface area contributed by atoms with Gasteiger partial charge in [-0.15, -0.1) is 0 Å². The number of fused-ring (bicyclic) bond motifs is 1. The van der Waals surface area contributed by atoms with Crippen LogP contribution in [0.1, 0.15) is 34.5 Å². The van der Waals surface area contributed by atoms with E-state index in [4.69, 9.17) is 10.8 Å². The Morgan fingerprint density at radius 1 is 1.17 bits per heavy atom. The molecule has 0 amide bonds. The maximum absolute atomic E-state index is 11.1. The highest BCUT2D eigenvalue weighted by atomic mass is 16.4. The average molecular weight is 308 g/mol. The van der Waals surface area contributed by atoms with Crippen molar-refractivity contribution in [2.24, 2.45) is 0 Å². The van der Waals surface area contributed by atoms with Crippen molar-refractivity contribution in [3.8, 4) is 5.75 Å². The first-order valence-electron chi connectivity index (χ1n) is 7.19. The van der Waals surface area contributed by atoms with Crippen LogP contribution in [0.15, 0.2) is 48.5 Å². The summed E-state index contributed by atoms with van der Waals surface area (Å²) in [6.07, 6.45) is 0. The molecule has 3 aromatic rings. The van der Waals surface area contributed by atoms with Crippen molar-refractivity contribution in [2.45, 2.75) is 12.8 Å². The second kappa shape index (κ2) is 5.61. The smallest absolute Gasteiger partial charge is 0.354 e. The number of hydrogen-bond donors (Lipinski definition) is 3. The summed E-state index contributed by atoms with van der Waals surface area (Å²) < 4.78 is 0. The molecule has 5 heteroatoms. The van der Waals surface area contributed by atoms with Crippen LogP contribution in [0, 0.1) is 0 Å². The fourth-order valence-corrected chi connectivity index (χ4v) is 2.76. The normalized spacial score (nSPS) is 12.2. The van der Waals surface area contributed by atoms with E-state index >= 15 is 0 Å². The molecule has 1 aromatic heterocycles. The number of nitrogen functional groups attached to an aromatic ring is 1. The van der Waals surface area contributed by atoms with Gasteiger partial charge in [0.1, 0.15) is 5.75 Å². The van der Waals surface area contributed by atoms with Crippen molar-refractivity contribution in [1.82, 2.24) is 4.98 Å². The third-order valence-corrected chi connectivity index (χ3v) is 3.99. The number of aromatic nitrogens is 1. The van der Waals surface area contributed by atoms with Crippen molar-refractivity contribution in [3.05, 3.63) is 65.4 Å². The lowest BCUT2D eigenvalue weighted by Crippen LogP contribution is -2.04. The molecule has 0 aliphatic rings. The molecule has 0 fully saturated rings. The number of carbonyl (C=O) groups is 1. The molecule has 23 heavy (non-hydrogen) atoms. The number of carboxylic acids is 1. The van der Waals surface area contributed by atoms with Crippen LogP contribution in [0.25, 0.3) is 10.9 Å². The van der Waals surface area contributed by atoms with Crippen molar-refractivity contribution in [1.29, 1.82) is 0 Å². The number of benzene rings is 2. The van der Waals surface area contributed by atoms with Crippen molar-refractivity contribution in [2.75, 3.05) is 5.73 Å². The van der Waals surface area contributed by atoms with Gasteiger partial charge in [-0.2, -0.15) is 0 Å². The van der Waals surface area contributed by atoms with Crippen LogP contribution in [0.2, 0.25) is 0 Å². The maximum atomic E-state index is 11.1. The first-order valence-corrected chi connectivity index (χ1v) is 7.19. The zero-order valence-corrected chi connectivity index (χ0v) is 12.5. The molecule has 2 aromatic carbocycles. The minimum atomic E-state index is -1.21. The SMILES string of the molecule is CC(c1ccccc1)c1ccc(N)c2nc(C(=O)O)cc(O)c12. The van der Waals surface area contributed by atoms with Gasteiger partial charge in [0.15, 0.2) is 5.69 Å². The van der Waals surface area contributed by atoms with E-state index in [0.717, 1.165) is 17.2 Å². The summed E-state index contributed by atoms with van der Waals surface area (Å²) in [7, 11) is 0. The van der Waals surface area contributed by atoms with Crippen molar-refractivity contribution >= 4 is 22.6 Å².